The normalized spacial score (nSPS) is 9.95. The molecule has 2 aromatic rings. The molecule has 0 aliphatic heterocycles. The van der Waals surface area contributed by atoms with E-state index in [0.29, 0.717) is 24.7 Å². The van der Waals surface area contributed by atoms with E-state index in [2.05, 4.69) is 0 Å². The Morgan fingerprint density at radius 1 is 0.952 bits per heavy atom. The Labute approximate surface area is 122 Å². The summed E-state index contributed by atoms with van der Waals surface area (Å²) in [6.45, 7) is 0.671. The first-order valence-electron chi connectivity index (χ1n) is 6.42. The van der Waals surface area contributed by atoms with Crippen LogP contribution in [0.1, 0.15) is 10.4 Å². The van der Waals surface area contributed by atoms with Crippen molar-refractivity contribution in [2.45, 2.75) is 0 Å². The maximum atomic E-state index is 10.8. The molecule has 0 bridgehead atoms. The zero-order chi connectivity index (χ0) is 15.1. The van der Waals surface area contributed by atoms with Crippen molar-refractivity contribution in [2.24, 2.45) is 0 Å². The number of aromatic carboxylic acids is 1. The number of methoxy groups -OCH3 is 1. The molecule has 0 unspecified atom stereocenters. The quantitative estimate of drug-likeness (QED) is 0.794. The average Bonchev–Trinajstić information content (AvgIpc) is 2.52. The zero-order valence-electron chi connectivity index (χ0n) is 11.6. The molecular formula is C16H16O5. The fourth-order valence-electron chi connectivity index (χ4n) is 1.73. The molecule has 5 nitrogen and oxygen atoms in total. The third kappa shape index (κ3) is 4.42. The van der Waals surface area contributed by atoms with Crippen molar-refractivity contribution in [3.8, 4) is 17.2 Å². The number of hydrogen-bond acceptors (Lipinski definition) is 4. The van der Waals surface area contributed by atoms with Gasteiger partial charge in [-0.2, -0.15) is 0 Å². The minimum atomic E-state index is -0.979. The lowest BCUT2D eigenvalue weighted by molar-refractivity contribution is 0.0696. The fraction of sp³-hybridized carbons (Fsp3) is 0.188. The lowest BCUT2D eigenvalue weighted by atomic mass is 10.2. The Morgan fingerprint density at radius 2 is 1.52 bits per heavy atom. The van der Waals surface area contributed by atoms with Crippen LogP contribution in [-0.2, 0) is 0 Å². The first-order chi connectivity index (χ1) is 10.2. The van der Waals surface area contributed by atoms with E-state index in [1.807, 2.05) is 18.2 Å². The second kappa shape index (κ2) is 7.19. The van der Waals surface area contributed by atoms with Crippen LogP contribution in [0.5, 0.6) is 17.2 Å². The van der Waals surface area contributed by atoms with Crippen molar-refractivity contribution in [3.63, 3.8) is 0 Å². The van der Waals surface area contributed by atoms with E-state index in [-0.39, 0.29) is 5.56 Å². The average molecular weight is 288 g/mol. The smallest absolute Gasteiger partial charge is 0.335 e. The Bertz CT molecular complexity index is 609. The molecule has 0 fully saturated rings. The Hall–Kier alpha value is -2.69. The number of ether oxygens (including phenoxy) is 3. The number of carboxylic acid groups (broad SMARTS) is 1. The van der Waals surface area contributed by atoms with Crippen molar-refractivity contribution in [1.29, 1.82) is 0 Å². The molecule has 2 aromatic carbocycles. The number of hydrogen-bond donors (Lipinski definition) is 1. The highest BCUT2D eigenvalue weighted by atomic mass is 16.5. The van der Waals surface area contributed by atoms with Gasteiger partial charge in [0, 0.05) is 6.07 Å². The van der Waals surface area contributed by atoms with E-state index in [1.165, 1.54) is 12.1 Å². The first kappa shape index (κ1) is 14.7. The van der Waals surface area contributed by atoms with Crippen molar-refractivity contribution in [2.75, 3.05) is 20.3 Å². The van der Waals surface area contributed by atoms with Crippen LogP contribution < -0.4 is 14.2 Å². The largest absolute Gasteiger partial charge is 0.497 e. The summed E-state index contributed by atoms with van der Waals surface area (Å²) in [4.78, 5) is 10.8. The summed E-state index contributed by atoms with van der Waals surface area (Å²) in [5.74, 6) is 0.942. The predicted molar refractivity (Wildman–Crippen MR) is 77.4 cm³/mol. The highest BCUT2D eigenvalue weighted by molar-refractivity contribution is 5.87. The predicted octanol–water partition coefficient (Wildman–Crippen LogP) is 2.85. The minimum absolute atomic E-state index is 0.196. The highest BCUT2D eigenvalue weighted by Gasteiger charge is 2.03. The minimum Gasteiger partial charge on any atom is -0.497 e. The fourth-order valence-corrected chi connectivity index (χ4v) is 1.73. The Balaban J connectivity index is 1.81. The van der Waals surface area contributed by atoms with Crippen LogP contribution in [0.3, 0.4) is 0 Å². The molecule has 21 heavy (non-hydrogen) atoms. The summed E-state index contributed by atoms with van der Waals surface area (Å²) >= 11 is 0. The third-order valence-corrected chi connectivity index (χ3v) is 2.74. The van der Waals surface area contributed by atoms with Gasteiger partial charge in [-0.05, 0) is 30.3 Å². The number of rotatable bonds is 7. The van der Waals surface area contributed by atoms with Crippen LogP contribution in [0.4, 0.5) is 0 Å². The molecule has 110 valence electrons. The summed E-state index contributed by atoms with van der Waals surface area (Å²) in [6, 6.07) is 13.6. The standard InChI is InChI=1S/C16H16O5/c1-19-13-5-3-7-15(11-13)21-9-8-20-14-6-2-4-12(10-14)16(17)18/h2-7,10-11H,8-9H2,1H3,(H,17,18). The molecule has 0 heterocycles. The molecule has 2 rings (SSSR count). The number of carboxylic acids is 1. The van der Waals surface area contributed by atoms with Gasteiger partial charge >= 0.3 is 5.97 Å². The molecule has 0 aliphatic carbocycles. The van der Waals surface area contributed by atoms with Gasteiger partial charge in [-0.1, -0.05) is 12.1 Å². The van der Waals surface area contributed by atoms with Crippen molar-refractivity contribution >= 4 is 5.97 Å². The molecule has 0 radical (unpaired) electrons. The van der Waals surface area contributed by atoms with Gasteiger partial charge in [-0.15, -0.1) is 0 Å². The maximum Gasteiger partial charge on any atom is 0.335 e. The Morgan fingerprint density at radius 3 is 2.14 bits per heavy atom. The van der Waals surface area contributed by atoms with Gasteiger partial charge in [-0.3, -0.25) is 0 Å². The Kier molecular flexibility index (Phi) is 5.04. The highest BCUT2D eigenvalue weighted by Crippen LogP contribution is 2.19. The van der Waals surface area contributed by atoms with Gasteiger partial charge in [0.05, 0.1) is 12.7 Å². The number of benzene rings is 2. The van der Waals surface area contributed by atoms with Gasteiger partial charge in [0.25, 0.3) is 0 Å². The summed E-state index contributed by atoms with van der Waals surface area (Å²) < 4.78 is 16.1. The number of carbonyl (C=O) groups is 1. The zero-order valence-corrected chi connectivity index (χ0v) is 11.6. The van der Waals surface area contributed by atoms with Gasteiger partial charge in [0.15, 0.2) is 0 Å². The van der Waals surface area contributed by atoms with Crippen LogP contribution in [0, 0.1) is 0 Å². The molecule has 0 atom stereocenters. The van der Waals surface area contributed by atoms with Crippen molar-refractivity contribution < 1.29 is 24.1 Å². The second-order valence-corrected chi connectivity index (χ2v) is 4.21. The van der Waals surface area contributed by atoms with E-state index >= 15 is 0 Å². The molecule has 0 amide bonds. The summed E-state index contributed by atoms with van der Waals surface area (Å²) in [6.07, 6.45) is 0. The first-order valence-corrected chi connectivity index (χ1v) is 6.42. The molecule has 0 aromatic heterocycles. The van der Waals surface area contributed by atoms with E-state index < -0.39 is 5.97 Å². The topological polar surface area (TPSA) is 65.0 Å². The summed E-state index contributed by atoms with van der Waals surface area (Å²) in [5, 5.41) is 8.89. The van der Waals surface area contributed by atoms with E-state index in [4.69, 9.17) is 19.3 Å². The lowest BCUT2D eigenvalue weighted by Gasteiger charge is -2.09. The van der Waals surface area contributed by atoms with E-state index in [1.54, 1.807) is 25.3 Å². The van der Waals surface area contributed by atoms with Crippen molar-refractivity contribution in [3.05, 3.63) is 54.1 Å². The van der Waals surface area contributed by atoms with Gasteiger partial charge in [0.1, 0.15) is 30.5 Å². The molecule has 0 aliphatic rings. The molecule has 0 spiro atoms. The molecule has 5 heteroatoms. The molecular weight excluding hydrogens is 272 g/mol. The van der Waals surface area contributed by atoms with Gasteiger partial charge in [0.2, 0.25) is 0 Å². The summed E-state index contributed by atoms with van der Waals surface area (Å²) in [5.41, 5.74) is 0.196. The second-order valence-electron chi connectivity index (χ2n) is 4.21. The van der Waals surface area contributed by atoms with Gasteiger partial charge < -0.3 is 19.3 Å². The van der Waals surface area contributed by atoms with Crippen LogP contribution in [0.15, 0.2) is 48.5 Å². The molecule has 0 saturated carbocycles. The summed E-state index contributed by atoms with van der Waals surface area (Å²) in [7, 11) is 1.59. The SMILES string of the molecule is COc1cccc(OCCOc2cccc(C(=O)O)c2)c1. The lowest BCUT2D eigenvalue weighted by Crippen LogP contribution is -2.09. The van der Waals surface area contributed by atoms with Crippen LogP contribution in [0.2, 0.25) is 0 Å². The molecule has 0 saturated heterocycles. The van der Waals surface area contributed by atoms with Crippen LogP contribution >= 0.6 is 0 Å². The van der Waals surface area contributed by atoms with Crippen molar-refractivity contribution in [1.82, 2.24) is 0 Å². The van der Waals surface area contributed by atoms with Gasteiger partial charge in [-0.25, -0.2) is 4.79 Å². The molecule has 1 N–H and O–H groups in total. The third-order valence-electron chi connectivity index (χ3n) is 2.74. The van der Waals surface area contributed by atoms with Crippen LogP contribution in [0.25, 0.3) is 0 Å². The van der Waals surface area contributed by atoms with E-state index in [9.17, 15) is 4.79 Å². The maximum absolute atomic E-state index is 10.8. The van der Waals surface area contributed by atoms with E-state index in [0.717, 1.165) is 5.75 Å². The van der Waals surface area contributed by atoms with Crippen LogP contribution in [-0.4, -0.2) is 31.4 Å². The monoisotopic (exact) mass is 288 g/mol.